The Bertz CT molecular complexity index is 1420. The van der Waals surface area contributed by atoms with E-state index in [0.29, 0.717) is 35.6 Å². The van der Waals surface area contributed by atoms with Crippen molar-refractivity contribution < 1.29 is 38.5 Å². The van der Waals surface area contributed by atoms with Crippen LogP contribution in [0.1, 0.15) is 72.1 Å². The highest BCUT2D eigenvalue weighted by molar-refractivity contribution is 8.45. The van der Waals surface area contributed by atoms with Crippen molar-refractivity contribution in [3.63, 3.8) is 0 Å². The van der Waals surface area contributed by atoms with Crippen LogP contribution in [0.15, 0.2) is 29.3 Å². The molecular weight excluding hydrogens is 550 g/mol. The molecule has 39 heavy (non-hydrogen) atoms. The highest BCUT2D eigenvalue weighted by Gasteiger charge is 2.65. The van der Waals surface area contributed by atoms with E-state index in [-0.39, 0.29) is 43.2 Å². The van der Waals surface area contributed by atoms with Gasteiger partial charge in [0.2, 0.25) is 0 Å². The number of imidazole rings is 1. The van der Waals surface area contributed by atoms with E-state index in [2.05, 4.69) is 9.97 Å². The fourth-order valence-electron chi connectivity index (χ4n) is 5.59. The molecule has 7 nitrogen and oxygen atoms in total. The van der Waals surface area contributed by atoms with Gasteiger partial charge < -0.3 is 19.7 Å². The monoisotopic (exact) mass is 578 g/mol. The summed E-state index contributed by atoms with van der Waals surface area (Å²) >= 11 is 0. The Hall–Kier alpha value is -3.00. The number of phenols is 1. The van der Waals surface area contributed by atoms with Crippen molar-refractivity contribution >= 4 is 27.3 Å². The number of amides is 1. The first-order valence-electron chi connectivity index (χ1n) is 12.6. The highest BCUT2D eigenvalue weighted by Crippen LogP contribution is 3.02. The molecule has 0 atom stereocenters. The highest BCUT2D eigenvalue weighted by atomic mass is 32.5. The number of aromatic amines is 1. The molecule has 5 rings (SSSR count). The second kappa shape index (κ2) is 9.01. The van der Waals surface area contributed by atoms with E-state index in [0.717, 1.165) is 37.7 Å². The zero-order valence-electron chi connectivity index (χ0n) is 21.0. The number of fused-ring (bicyclic) bond motifs is 1. The van der Waals surface area contributed by atoms with Gasteiger partial charge in [0.25, 0.3) is 5.91 Å². The molecule has 0 spiro atoms. The SMILES string of the molecule is CO[C@H]1CC[C@H](c2nc3c(C4CCN(C(=O)c5ccc(S(F)(F)(F)(F)F)cc5O)CC4)c(F)cnc3[nH]2)CC1. The number of halogens is 6. The quantitative estimate of drug-likeness (QED) is 0.314. The lowest BCUT2D eigenvalue weighted by Crippen LogP contribution is -2.38. The largest absolute Gasteiger partial charge is 0.507 e. The molecule has 1 aromatic carbocycles. The van der Waals surface area contributed by atoms with Gasteiger partial charge in [-0.05, 0) is 56.6 Å². The molecule has 0 bridgehead atoms. The van der Waals surface area contributed by atoms with Gasteiger partial charge in [0.05, 0.1) is 17.9 Å². The van der Waals surface area contributed by atoms with Crippen molar-refractivity contribution in [2.45, 2.75) is 61.4 Å². The number of likely N-dealkylation sites (tertiary alicyclic amines) is 1. The number of phenolic OH excluding ortho intramolecular Hbond substituents is 1. The van der Waals surface area contributed by atoms with Gasteiger partial charge in [0.1, 0.15) is 27.8 Å². The first kappa shape index (κ1) is 27.6. The number of nitrogens with one attached hydrogen (secondary N) is 1. The fourth-order valence-corrected chi connectivity index (χ4v) is 6.25. The maximum Gasteiger partial charge on any atom is 0.310 e. The summed E-state index contributed by atoms with van der Waals surface area (Å²) in [5.41, 5.74) is 0.788. The lowest BCUT2D eigenvalue weighted by atomic mass is 9.87. The minimum atomic E-state index is -10.0. The van der Waals surface area contributed by atoms with Crippen LogP contribution in [0.25, 0.3) is 11.2 Å². The van der Waals surface area contributed by atoms with Gasteiger partial charge in [0.15, 0.2) is 5.65 Å². The number of hydrogen-bond donors (Lipinski definition) is 2. The summed E-state index contributed by atoms with van der Waals surface area (Å²) in [6.07, 6.45) is 5.57. The van der Waals surface area contributed by atoms with Crippen molar-refractivity contribution in [3.8, 4) is 5.75 Å². The number of H-pyrrole nitrogens is 1. The Morgan fingerprint density at radius 1 is 1.05 bits per heavy atom. The van der Waals surface area contributed by atoms with Gasteiger partial charge in [-0.15, -0.1) is 0 Å². The molecule has 0 unspecified atom stereocenters. The van der Waals surface area contributed by atoms with E-state index in [9.17, 15) is 29.3 Å². The molecule has 1 saturated heterocycles. The first-order chi connectivity index (χ1) is 18.1. The minimum Gasteiger partial charge on any atom is -0.507 e. The topological polar surface area (TPSA) is 91.3 Å². The third-order valence-corrected chi connectivity index (χ3v) is 8.90. The molecule has 14 heteroatoms. The molecule has 1 saturated carbocycles. The van der Waals surface area contributed by atoms with E-state index in [1.807, 2.05) is 0 Å². The third kappa shape index (κ3) is 5.53. The van der Waals surface area contributed by atoms with E-state index in [1.165, 1.54) is 4.90 Å². The maximum atomic E-state index is 15.0. The second-order valence-corrected chi connectivity index (χ2v) is 12.7. The fraction of sp³-hybridized carbons (Fsp3) is 0.480. The van der Waals surface area contributed by atoms with Gasteiger partial charge in [-0.1, -0.05) is 19.4 Å². The zero-order valence-corrected chi connectivity index (χ0v) is 21.8. The van der Waals surface area contributed by atoms with Crippen molar-refractivity contribution in [1.29, 1.82) is 0 Å². The summed E-state index contributed by atoms with van der Waals surface area (Å²) in [7, 11) is -8.31. The van der Waals surface area contributed by atoms with E-state index >= 15 is 4.39 Å². The summed E-state index contributed by atoms with van der Waals surface area (Å²) in [4.78, 5) is 24.0. The van der Waals surface area contributed by atoms with Crippen LogP contribution in [0.5, 0.6) is 5.75 Å². The van der Waals surface area contributed by atoms with Crippen molar-refractivity contribution in [2.75, 3.05) is 20.2 Å². The number of pyridine rings is 1. The summed E-state index contributed by atoms with van der Waals surface area (Å²) in [5, 5.41) is 9.97. The van der Waals surface area contributed by atoms with Crippen LogP contribution >= 0.6 is 10.2 Å². The molecule has 2 aliphatic rings. The number of rotatable bonds is 5. The normalized spacial score (nSPS) is 23.0. The van der Waals surface area contributed by atoms with Crippen LogP contribution in [-0.4, -0.2) is 57.2 Å². The van der Waals surface area contributed by atoms with Gasteiger partial charge in [0, 0.05) is 37.7 Å². The Labute approximate surface area is 220 Å². The number of carbonyl (C=O) groups excluding carboxylic acids is 1. The molecule has 1 amide bonds. The number of aromatic nitrogens is 3. The molecule has 1 aliphatic carbocycles. The molecule has 2 N–H and O–H groups in total. The lowest BCUT2D eigenvalue weighted by Gasteiger charge is -2.40. The summed E-state index contributed by atoms with van der Waals surface area (Å²) in [6.45, 7) is 0.238. The molecule has 1 aliphatic heterocycles. The molecule has 3 heterocycles. The summed E-state index contributed by atoms with van der Waals surface area (Å²) in [6, 6.07) is 0.525. The smallest absolute Gasteiger partial charge is 0.310 e. The van der Waals surface area contributed by atoms with Crippen LogP contribution in [0, 0.1) is 5.82 Å². The molecule has 2 fully saturated rings. The number of benzene rings is 1. The van der Waals surface area contributed by atoms with Crippen molar-refractivity contribution in [3.05, 3.63) is 47.2 Å². The molecule has 0 radical (unpaired) electrons. The van der Waals surface area contributed by atoms with E-state index < -0.39 is 38.2 Å². The molecule has 2 aromatic heterocycles. The van der Waals surface area contributed by atoms with Crippen LogP contribution in [0.3, 0.4) is 0 Å². The molecular formula is C25H28F6N4O3S. The van der Waals surface area contributed by atoms with E-state index in [1.54, 1.807) is 7.11 Å². The van der Waals surface area contributed by atoms with Gasteiger partial charge in [-0.3, -0.25) is 4.79 Å². The zero-order chi connectivity index (χ0) is 28.2. The van der Waals surface area contributed by atoms with Crippen LogP contribution in [0.2, 0.25) is 0 Å². The third-order valence-electron chi connectivity index (χ3n) is 7.75. The number of hydrogen-bond acceptors (Lipinski definition) is 5. The second-order valence-electron chi connectivity index (χ2n) is 10.3. The first-order valence-corrected chi connectivity index (χ1v) is 14.5. The Balaban J connectivity index is 1.32. The predicted octanol–water partition coefficient (Wildman–Crippen LogP) is 7.15. The van der Waals surface area contributed by atoms with Gasteiger partial charge >= 0.3 is 10.2 Å². The van der Waals surface area contributed by atoms with Crippen LogP contribution in [0.4, 0.5) is 23.8 Å². The molecule has 214 valence electrons. The average molecular weight is 579 g/mol. The summed E-state index contributed by atoms with van der Waals surface area (Å²) in [5.74, 6) is -1.87. The van der Waals surface area contributed by atoms with Crippen LogP contribution in [-0.2, 0) is 4.74 Å². The van der Waals surface area contributed by atoms with Crippen LogP contribution < -0.4 is 0 Å². The number of nitrogens with zero attached hydrogens (tertiary/aromatic N) is 3. The lowest BCUT2D eigenvalue weighted by molar-refractivity contribution is 0.0652. The number of ether oxygens (including phenoxy) is 1. The van der Waals surface area contributed by atoms with Crippen molar-refractivity contribution in [2.24, 2.45) is 0 Å². The maximum absolute atomic E-state index is 15.0. The number of aromatic hydroxyl groups is 1. The summed E-state index contributed by atoms with van der Waals surface area (Å²) < 4.78 is 85.7. The van der Waals surface area contributed by atoms with Gasteiger partial charge in [-0.2, -0.15) is 0 Å². The van der Waals surface area contributed by atoms with Crippen molar-refractivity contribution in [1.82, 2.24) is 19.9 Å². The van der Waals surface area contributed by atoms with Gasteiger partial charge in [-0.25, -0.2) is 14.4 Å². The molecule has 3 aromatic rings. The standard InChI is InChI=1S/C25H28F6N4O3S/c1-38-16-4-2-15(3-5-16)23-33-22-21(19(26)13-32-24(22)34-23)14-8-10-35(11-9-14)25(37)18-7-6-17(12-20(18)36)39(27,28,29,30)31/h6-7,12-16,36H,2-5,8-11H2,1H3,(H,32,33,34)/t15-,16-. The minimum absolute atomic E-state index is 0.0984. The average Bonchev–Trinajstić information content (AvgIpc) is 3.31. The Kier molecular flexibility index (Phi) is 6.37. The Morgan fingerprint density at radius 2 is 1.72 bits per heavy atom. The number of methoxy groups -OCH3 is 1. The van der Waals surface area contributed by atoms with E-state index in [4.69, 9.17) is 9.72 Å². The Morgan fingerprint density at radius 3 is 2.31 bits per heavy atom. The predicted molar refractivity (Wildman–Crippen MR) is 133 cm³/mol. The number of carbonyl (C=O) groups is 1. The number of piperidine rings is 1.